The lowest BCUT2D eigenvalue weighted by Crippen LogP contribution is -2.48. The fourth-order valence-corrected chi connectivity index (χ4v) is 3.36. The highest BCUT2D eigenvalue weighted by molar-refractivity contribution is 5.81. The summed E-state index contributed by atoms with van der Waals surface area (Å²) in [5, 5.41) is 0. The molecular formula is C16H28N2O3. The molecule has 0 atom stereocenters. The van der Waals surface area contributed by atoms with E-state index in [9.17, 15) is 9.59 Å². The lowest BCUT2D eigenvalue weighted by atomic mass is 9.99. The predicted molar refractivity (Wildman–Crippen MR) is 80.9 cm³/mol. The van der Waals surface area contributed by atoms with Crippen LogP contribution < -0.4 is 0 Å². The van der Waals surface area contributed by atoms with E-state index in [4.69, 9.17) is 4.74 Å². The third-order valence-corrected chi connectivity index (χ3v) is 4.57. The van der Waals surface area contributed by atoms with Crippen molar-refractivity contribution in [1.29, 1.82) is 0 Å². The molecule has 2 saturated heterocycles. The molecule has 5 nitrogen and oxygen atoms in total. The monoisotopic (exact) mass is 296 g/mol. The number of carbonyl (C=O) groups excluding carboxylic acids is 2. The van der Waals surface area contributed by atoms with Crippen LogP contribution in [-0.2, 0) is 14.3 Å². The van der Waals surface area contributed by atoms with Crippen molar-refractivity contribution in [3.05, 3.63) is 0 Å². The highest BCUT2D eigenvalue weighted by Crippen LogP contribution is 2.21. The summed E-state index contributed by atoms with van der Waals surface area (Å²) in [6, 6.07) is 0.652. The first-order valence-electron chi connectivity index (χ1n) is 8.38. The highest BCUT2D eigenvalue weighted by atomic mass is 16.5. The molecular weight excluding hydrogens is 268 g/mol. The molecule has 2 heterocycles. The summed E-state index contributed by atoms with van der Waals surface area (Å²) in [6.07, 6.45) is 6.64. The molecule has 0 N–H and O–H groups in total. The Bertz CT molecular complexity index is 345. The second-order valence-corrected chi connectivity index (χ2v) is 6.01. The van der Waals surface area contributed by atoms with Gasteiger partial charge >= 0.3 is 5.97 Å². The van der Waals surface area contributed by atoms with Gasteiger partial charge in [-0.15, -0.1) is 0 Å². The summed E-state index contributed by atoms with van der Waals surface area (Å²) in [7, 11) is 0. The van der Waals surface area contributed by atoms with Crippen LogP contribution in [0.5, 0.6) is 0 Å². The van der Waals surface area contributed by atoms with Crippen molar-refractivity contribution in [3.8, 4) is 0 Å². The summed E-state index contributed by atoms with van der Waals surface area (Å²) in [4.78, 5) is 27.9. The zero-order chi connectivity index (χ0) is 15.1. The highest BCUT2D eigenvalue weighted by Gasteiger charge is 2.27. The quantitative estimate of drug-likeness (QED) is 0.726. The molecule has 2 rings (SSSR count). The molecule has 5 heteroatoms. The first kappa shape index (κ1) is 16.3. The first-order valence-corrected chi connectivity index (χ1v) is 8.38. The Morgan fingerprint density at radius 2 is 1.67 bits per heavy atom. The number of piperidine rings is 2. The Labute approximate surface area is 127 Å². The van der Waals surface area contributed by atoms with Crippen LogP contribution in [0.3, 0.4) is 0 Å². The lowest BCUT2D eigenvalue weighted by Gasteiger charge is -2.40. The molecule has 0 aromatic carbocycles. The zero-order valence-corrected chi connectivity index (χ0v) is 13.2. The number of amides is 1. The van der Waals surface area contributed by atoms with Crippen LogP contribution in [-0.4, -0.2) is 60.5 Å². The molecule has 0 radical (unpaired) electrons. The van der Waals surface area contributed by atoms with Crippen LogP contribution >= 0.6 is 0 Å². The average molecular weight is 296 g/mol. The molecule has 0 unspecified atom stereocenters. The summed E-state index contributed by atoms with van der Waals surface area (Å²) >= 11 is 0. The van der Waals surface area contributed by atoms with Gasteiger partial charge in [-0.3, -0.25) is 9.59 Å². The molecule has 21 heavy (non-hydrogen) atoms. The number of hydrogen-bond acceptors (Lipinski definition) is 4. The third-order valence-electron chi connectivity index (χ3n) is 4.57. The molecule has 1 amide bonds. The van der Waals surface area contributed by atoms with Gasteiger partial charge in [-0.2, -0.15) is 0 Å². The van der Waals surface area contributed by atoms with Crippen LogP contribution in [0.15, 0.2) is 0 Å². The molecule has 0 aliphatic carbocycles. The molecule has 0 bridgehead atoms. The second-order valence-electron chi connectivity index (χ2n) is 6.01. The molecule has 2 aliphatic rings. The maximum absolute atomic E-state index is 12.1. The van der Waals surface area contributed by atoms with Crippen LogP contribution in [0.4, 0.5) is 0 Å². The van der Waals surface area contributed by atoms with Gasteiger partial charge in [0.15, 0.2) is 0 Å². The van der Waals surface area contributed by atoms with Crippen LogP contribution in [0.2, 0.25) is 0 Å². The van der Waals surface area contributed by atoms with E-state index in [0.29, 0.717) is 12.6 Å². The molecule has 0 aromatic rings. The zero-order valence-electron chi connectivity index (χ0n) is 13.2. The number of likely N-dealkylation sites (tertiary alicyclic amines) is 2. The van der Waals surface area contributed by atoms with Crippen molar-refractivity contribution in [2.45, 2.75) is 57.9 Å². The van der Waals surface area contributed by atoms with E-state index in [-0.39, 0.29) is 24.7 Å². The average Bonchev–Trinajstić information content (AvgIpc) is 2.54. The predicted octanol–water partition coefficient (Wildman–Crippen LogP) is 1.81. The van der Waals surface area contributed by atoms with Gasteiger partial charge in [-0.05, 0) is 45.7 Å². The van der Waals surface area contributed by atoms with Gasteiger partial charge in [0.25, 0.3) is 0 Å². The summed E-state index contributed by atoms with van der Waals surface area (Å²) in [5.74, 6) is -0.172. The van der Waals surface area contributed by atoms with Gasteiger partial charge in [0.1, 0.15) is 0 Å². The fourth-order valence-electron chi connectivity index (χ4n) is 3.36. The van der Waals surface area contributed by atoms with Crippen molar-refractivity contribution in [1.82, 2.24) is 9.80 Å². The van der Waals surface area contributed by atoms with Crippen molar-refractivity contribution in [3.63, 3.8) is 0 Å². The van der Waals surface area contributed by atoms with Gasteiger partial charge in [0.05, 0.1) is 13.0 Å². The molecule has 120 valence electrons. The third kappa shape index (κ3) is 4.99. The Morgan fingerprint density at radius 3 is 2.29 bits per heavy atom. The molecule has 0 saturated carbocycles. The van der Waals surface area contributed by atoms with Crippen molar-refractivity contribution in [2.24, 2.45) is 0 Å². The van der Waals surface area contributed by atoms with Crippen LogP contribution in [0.1, 0.15) is 51.9 Å². The van der Waals surface area contributed by atoms with E-state index >= 15 is 0 Å². The maximum atomic E-state index is 12.1. The second kappa shape index (κ2) is 8.37. The van der Waals surface area contributed by atoms with Gasteiger partial charge < -0.3 is 14.5 Å². The van der Waals surface area contributed by atoms with E-state index in [1.54, 1.807) is 6.92 Å². The normalized spacial score (nSPS) is 21.3. The summed E-state index contributed by atoms with van der Waals surface area (Å²) in [5.41, 5.74) is 0. The minimum atomic E-state index is -0.269. The fraction of sp³-hybridized carbons (Fsp3) is 0.875. The molecule has 0 aromatic heterocycles. The minimum absolute atomic E-state index is 0.0974. The lowest BCUT2D eigenvalue weighted by molar-refractivity contribution is -0.146. The number of carbonyl (C=O) groups is 2. The van der Waals surface area contributed by atoms with Crippen molar-refractivity contribution < 1.29 is 14.3 Å². The minimum Gasteiger partial charge on any atom is -0.466 e. The van der Waals surface area contributed by atoms with Gasteiger partial charge in [-0.25, -0.2) is 0 Å². The Kier molecular flexibility index (Phi) is 6.49. The van der Waals surface area contributed by atoms with Gasteiger partial charge in [-0.1, -0.05) is 6.42 Å². The van der Waals surface area contributed by atoms with Gasteiger partial charge in [0.2, 0.25) is 5.91 Å². The smallest absolute Gasteiger partial charge is 0.306 e. The Balaban J connectivity index is 1.68. The van der Waals surface area contributed by atoms with Gasteiger partial charge in [0, 0.05) is 25.6 Å². The number of esters is 1. The van der Waals surface area contributed by atoms with E-state index in [1.165, 1.54) is 32.4 Å². The molecule has 2 fully saturated rings. The van der Waals surface area contributed by atoms with Crippen molar-refractivity contribution >= 4 is 11.9 Å². The number of rotatable bonds is 5. The SMILES string of the molecule is CCOC(=O)CCC(=O)N1CCC(N2CCCCC2)CC1. The van der Waals surface area contributed by atoms with E-state index in [0.717, 1.165) is 25.9 Å². The topological polar surface area (TPSA) is 49.9 Å². The number of ether oxygens (including phenoxy) is 1. The number of hydrogen-bond donors (Lipinski definition) is 0. The standard InChI is InChI=1S/C16H28N2O3/c1-2-21-16(20)7-6-15(19)18-12-8-14(9-13-18)17-10-4-3-5-11-17/h14H,2-13H2,1H3. The van der Waals surface area contributed by atoms with Crippen molar-refractivity contribution in [2.75, 3.05) is 32.8 Å². The molecule has 0 spiro atoms. The number of nitrogens with zero attached hydrogens (tertiary/aromatic N) is 2. The Morgan fingerprint density at radius 1 is 1.00 bits per heavy atom. The largest absolute Gasteiger partial charge is 0.466 e. The molecule has 2 aliphatic heterocycles. The van der Waals surface area contributed by atoms with E-state index in [1.807, 2.05) is 4.90 Å². The van der Waals surface area contributed by atoms with E-state index < -0.39 is 0 Å². The summed E-state index contributed by atoms with van der Waals surface area (Å²) in [6.45, 7) is 6.29. The first-order chi connectivity index (χ1) is 10.2. The van der Waals surface area contributed by atoms with Crippen LogP contribution in [0.25, 0.3) is 0 Å². The summed E-state index contributed by atoms with van der Waals surface area (Å²) < 4.78 is 4.86. The van der Waals surface area contributed by atoms with Crippen LogP contribution in [0, 0.1) is 0 Å². The Hall–Kier alpha value is -1.10. The van der Waals surface area contributed by atoms with E-state index in [2.05, 4.69) is 4.90 Å². The maximum Gasteiger partial charge on any atom is 0.306 e.